The summed E-state index contributed by atoms with van der Waals surface area (Å²) in [5, 5.41) is 1.02. The van der Waals surface area contributed by atoms with Crippen molar-refractivity contribution in [3.63, 3.8) is 0 Å². The Morgan fingerprint density at radius 1 is 1.09 bits per heavy atom. The van der Waals surface area contributed by atoms with E-state index in [9.17, 15) is 14.0 Å². The van der Waals surface area contributed by atoms with Crippen LogP contribution in [0.25, 0.3) is 17.0 Å². The fraction of sp³-hybridized carbons (Fsp3) is 0.111. The van der Waals surface area contributed by atoms with Crippen LogP contribution >= 0.6 is 0 Å². The van der Waals surface area contributed by atoms with Crippen molar-refractivity contribution in [2.75, 3.05) is 0 Å². The molecule has 0 saturated heterocycles. The second-order valence-corrected chi connectivity index (χ2v) is 7.76. The van der Waals surface area contributed by atoms with Gasteiger partial charge in [0.2, 0.25) is 5.78 Å². The van der Waals surface area contributed by atoms with Crippen molar-refractivity contribution < 1.29 is 23.5 Å². The summed E-state index contributed by atoms with van der Waals surface area (Å²) in [6, 6.07) is 16.7. The fourth-order valence-corrected chi connectivity index (χ4v) is 4.05. The minimum absolute atomic E-state index is 0.165. The van der Waals surface area contributed by atoms with Crippen LogP contribution in [-0.2, 0) is 6.54 Å². The second kappa shape index (κ2) is 8.06. The molecule has 5 nitrogen and oxygen atoms in total. The highest BCUT2D eigenvalue weighted by atomic mass is 19.1. The number of hydrogen-bond donors (Lipinski definition) is 0. The number of rotatable bonds is 4. The van der Waals surface area contributed by atoms with Crippen LogP contribution in [0, 0.1) is 12.7 Å². The van der Waals surface area contributed by atoms with Crippen molar-refractivity contribution in [2.24, 2.45) is 0 Å². The zero-order valence-corrected chi connectivity index (χ0v) is 18.1. The van der Waals surface area contributed by atoms with E-state index in [4.69, 9.17) is 9.47 Å². The van der Waals surface area contributed by atoms with Gasteiger partial charge in [-0.2, -0.15) is 0 Å². The number of aromatic nitrogens is 1. The van der Waals surface area contributed by atoms with Gasteiger partial charge in [-0.1, -0.05) is 30.3 Å². The molecule has 2 heterocycles. The third kappa shape index (κ3) is 3.49. The Hall–Kier alpha value is -4.19. The summed E-state index contributed by atoms with van der Waals surface area (Å²) in [7, 11) is 0. The number of aryl methyl sites for hydroxylation is 1. The summed E-state index contributed by atoms with van der Waals surface area (Å²) in [5.41, 5.74) is 2.68. The number of benzene rings is 3. The van der Waals surface area contributed by atoms with Crippen molar-refractivity contribution in [1.29, 1.82) is 0 Å². The van der Waals surface area contributed by atoms with Gasteiger partial charge in [0.1, 0.15) is 17.3 Å². The molecule has 0 N–H and O–H groups in total. The lowest BCUT2D eigenvalue weighted by Gasteiger charge is -2.10. The molecule has 164 valence electrons. The summed E-state index contributed by atoms with van der Waals surface area (Å²) >= 11 is 0. The third-order valence-electron chi connectivity index (χ3n) is 5.78. The van der Waals surface area contributed by atoms with E-state index in [0.29, 0.717) is 16.9 Å². The lowest BCUT2D eigenvalue weighted by Crippen LogP contribution is -2.11. The number of Topliss-reactive ketones (excluding diaryl/α,β-unsaturated/α-hetero) is 1. The minimum atomic E-state index is -0.816. The first-order chi connectivity index (χ1) is 16.0. The van der Waals surface area contributed by atoms with Crippen LogP contribution in [0.3, 0.4) is 0 Å². The summed E-state index contributed by atoms with van der Waals surface area (Å²) < 4.78 is 27.4. The monoisotopic (exact) mass is 441 g/mol. The molecule has 0 fully saturated rings. The highest BCUT2D eigenvalue weighted by Gasteiger charge is 2.31. The van der Waals surface area contributed by atoms with E-state index < -0.39 is 11.8 Å². The molecular formula is C27H20FNO4. The van der Waals surface area contributed by atoms with Crippen LogP contribution in [0.1, 0.15) is 38.8 Å². The van der Waals surface area contributed by atoms with Gasteiger partial charge in [0.25, 0.3) is 0 Å². The molecule has 1 aliphatic rings. The van der Waals surface area contributed by atoms with E-state index >= 15 is 0 Å². The highest BCUT2D eigenvalue weighted by Crippen LogP contribution is 2.40. The number of hydrogen-bond acceptors (Lipinski definition) is 4. The number of allylic oxidation sites excluding steroid dienone is 1. The third-order valence-corrected chi connectivity index (χ3v) is 5.78. The standard InChI is InChI=1S/C27H20FNO4/c1-3-29-15-17(18-8-5-7-11-22(18)29)14-24-25(30)20-12-13-23(16(2)26(20)32-24)33-27(31)19-9-4-6-10-21(19)28/h4-15H,3H2,1-2H3/b24-14+. The van der Waals surface area contributed by atoms with E-state index in [1.807, 2.05) is 30.5 Å². The number of ketones is 1. The van der Waals surface area contributed by atoms with E-state index in [1.165, 1.54) is 24.3 Å². The Labute approximate surface area is 189 Å². The number of nitrogens with zero attached hydrogens (tertiary/aromatic N) is 1. The van der Waals surface area contributed by atoms with E-state index in [0.717, 1.165) is 23.0 Å². The summed E-state index contributed by atoms with van der Waals surface area (Å²) in [4.78, 5) is 25.4. The molecule has 0 amide bonds. The smallest absolute Gasteiger partial charge is 0.346 e. The van der Waals surface area contributed by atoms with Crippen LogP contribution in [0.4, 0.5) is 4.39 Å². The van der Waals surface area contributed by atoms with Gasteiger partial charge in [0, 0.05) is 34.8 Å². The predicted octanol–water partition coefficient (Wildman–Crippen LogP) is 5.94. The van der Waals surface area contributed by atoms with Crippen LogP contribution in [0.2, 0.25) is 0 Å². The largest absolute Gasteiger partial charge is 0.452 e. The molecule has 0 spiro atoms. The van der Waals surface area contributed by atoms with E-state index in [-0.39, 0.29) is 22.9 Å². The molecule has 0 aliphatic carbocycles. The van der Waals surface area contributed by atoms with Crippen LogP contribution in [0.15, 0.2) is 72.6 Å². The van der Waals surface area contributed by atoms with Crippen molar-refractivity contribution in [1.82, 2.24) is 4.57 Å². The molecule has 33 heavy (non-hydrogen) atoms. The van der Waals surface area contributed by atoms with Crippen LogP contribution in [0.5, 0.6) is 11.5 Å². The molecule has 1 aliphatic heterocycles. The van der Waals surface area contributed by atoms with Gasteiger partial charge < -0.3 is 14.0 Å². The quantitative estimate of drug-likeness (QED) is 0.223. The fourth-order valence-electron chi connectivity index (χ4n) is 4.05. The Morgan fingerprint density at radius 2 is 1.85 bits per heavy atom. The Kier molecular flexibility index (Phi) is 5.05. The number of carbonyl (C=O) groups is 2. The first-order valence-electron chi connectivity index (χ1n) is 10.6. The minimum Gasteiger partial charge on any atom is -0.452 e. The number of ether oxygens (including phenoxy) is 2. The normalized spacial score (nSPS) is 13.9. The van der Waals surface area contributed by atoms with E-state index in [1.54, 1.807) is 25.1 Å². The molecule has 5 rings (SSSR count). The molecule has 4 aromatic rings. The number of halogens is 1. The molecule has 6 heteroatoms. The zero-order chi connectivity index (χ0) is 23.1. The topological polar surface area (TPSA) is 57.5 Å². The van der Waals surface area contributed by atoms with Gasteiger partial charge in [0.05, 0.1) is 11.1 Å². The zero-order valence-electron chi connectivity index (χ0n) is 18.1. The number of esters is 1. The Morgan fingerprint density at radius 3 is 2.64 bits per heavy atom. The average molecular weight is 441 g/mol. The van der Waals surface area contributed by atoms with Gasteiger partial charge in [-0.05, 0) is 50.3 Å². The van der Waals surface area contributed by atoms with Gasteiger partial charge >= 0.3 is 5.97 Å². The molecule has 0 saturated carbocycles. The number of fused-ring (bicyclic) bond motifs is 2. The first kappa shape index (κ1) is 20.7. The second-order valence-electron chi connectivity index (χ2n) is 7.76. The number of carbonyl (C=O) groups excluding carboxylic acids is 2. The van der Waals surface area contributed by atoms with Crippen molar-refractivity contribution in [3.8, 4) is 11.5 Å². The Balaban J connectivity index is 1.48. The van der Waals surface area contributed by atoms with Gasteiger partial charge in [0.15, 0.2) is 5.76 Å². The maximum absolute atomic E-state index is 13.9. The van der Waals surface area contributed by atoms with Crippen molar-refractivity contribution in [3.05, 3.63) is 101 Å². The van der Waals surface area contributed by atoms with Gasteiger partial charge in [-0.25, -0.2) is 9.18 Å². The molecule has 0 unspecified atom stereocenters. The highest BCUT2D eigenvalue weighted by molar-refractivity contribution is 6.15. The SMILES string of the molecule is CCn1cc(/C=C2/Oc3c(ccc(OC(=O)c4ccccc4F)c3C)C2=O)c2ccccc21. The number of para-hydroxylation sites is 1. The molecule has 0 bridgehead atoms. The van der Waals surface area contributed by atoms with Crippen LogP contribution in [-0.4, -0.2) is 16.3 Å². The van der Waals surface area contributed by atoms with Crippen LogP contribution < -0.4 is 9.47 Å². The Bertz CT molecular complexity index is 1460. The van der Waals surface area contributed by atoms with E-state index in [2.05, 4.69) is 11.5 Å². The predicted molar refractivity (Wildman–Crippen MR) is 123 cm³/mol. The lowest BCUT2D eigenvalue weighted by molar-refractivity contribution is 0.0728. The molecule has 0 radical (unpaired) electrons. The molecular weight excluding hydrogens is 421 g/mol. The first-order valence-corrected chi connectivity index (χ1v) is 10.6. The van der Waals surface area contributed by atoms with Gasteiger partial charge in [-0.15, -0.1) is 0 Å². The maximum atomic E-state index is 13.9. The summed E-state index contributed by atoms with van der Waals surface area (Å²) in [6.07, 6.45) is 3.73. The van der Waals surface area contributed by atoms with Crippen molar-refractivity contribution in [2.45, 2.75) is 20.4 Å². The maximum Gasteiger partial charge on any atom is 0.346 e. The molecule has 0 atom stereocenters. The summed E-state index contributed by atoms with van der Waals surface area (Å²) in [5.74, 6) is -0.978. The summed E-state index contributed by atoms with van der Waals surface area (Å²) in [6.45, 7) is 4.56. The van der Waals surface area contributed by atoms with Crippen molar-refractivity contribution >= 4 is 28.7 Å². The lowest BCUT2D eigenvalue weighted by atomic mass is 10.1. The van der Waals surface area contributed by atoms with Gasteiger partial charge in [-0.3, -0.25) is 4.79 Å². The average Bonchev–Trinajstić information content (AvgIpc) is 3.34. The molecule has 3 aromatic carbocycles. The molecule has 1 aromatic heterocycles.